The third kappa shape index (κ3) is 4.14. The predicted octanol–water partition coefficient (Wildman–Crippen LogP) is 1.16. The van der Waals surface area contributed by atoms with E-state index in [1.807, 2.05) is 18.2 Å². The molecule has 0 atom stereocenters. The molecular formula is C18H18N6O3. The Bertz CT molecular complexity index is 929. The summed E-state index contributed by atoms with van der Waals surface area (Å²) in [4.78, 5) is 24.5. The summed E-state index contributed by atoms with van der Waals surface area (Å²) < 4.78 is 12.3. The highest BCUT2D eigenvalue weighted by atomic mass is 16.7. The third-order valence-corrected chi connectivity index (χ3v) is 3.98. The topological polar surface area (TPSA) is 103 Å². The molecule has 9 heteroatoms. The van der Waals surface area contributed by atoms with E-state index in [0.717, 1.165) is 17.1 Å². The highest BCUT2D eigenvalue weighted by molar-refractivity contribution is 5.80. The summed E-state index contributed by atoms with van der Waals surface area (Å²) in [5, 5.41) is 5.88. The van der Waals surface area contributed by atoms with Gasteiger partial charge < -0.3 is 20.1 Å². The zero-order valence-corrected chi connectivity index (χ0v) is 14.5. The van der Waals surface area contributed by atoms with Crippen molar-refractivity contribution in [1.82, 2.24) is 24.8 Å². The summed E-state index contributed by atoms with van der Waals surface area (Å²) in [7, 11) is 0. The molecule has 3 aromatic rings. The van der Waals surface area contributed by atoms with Crippen LogP contribution in [0.1, 0.15) is 5.56 Å². The fraction of sp³-hybridized carbons (Fsp3) is 0.222. The maximum Gasteiger partial charge on any atom is 0.239 e. The second-order valence-corrected chi connectivity index (χ2v) is 5.85. The lowest BCUT2D eigenvalue weighted by Crippen LogP contribution is -2.31. The van der Waals surface area contributed by atoms with E-state index in [1.54, 1.807) is 35.6 Å². The number of carbonyl (C=O) groups is 1. The summed E-state index contributed by atoms with van der Waals surface area (Å²) in [6.07, 6.45) is 7.35. The molecule has 4 rings (SSSR count). The van der Waals surface area contributed by atoms with Crippen LogP contribution in [0.25, 0.3) is 5.95 Å². The van der Waals surface area contributed by atoms with Crippen molar-refractivity contribution in [2.75, 3.05) is 25.2 Å². The van der Waals surface area contributed by atoms with Gasteiger partial charge in [0.25, 0.3) is 0 Å². The Labute approximate surface area is 155 Å². The molecule has 0 fully saturated rings. The van der Waals surface area contributed by atoms with Gasteiger partial charge in [0, 0.05) is 25.1 Å². The summed E-state index contributed by atoms with van der Waals surface area (Å²) in [6, 6.07) is 7.50. The molecule has 0 aliphatic carbocycles. The average molecular weight is 366 g/mol. The number of carbonyl (C=O) groups excluding carboxylic acids is 1. The van der Waals surface area contributed by atoms with Crippen molar-refractivity contribution in [3.63, 3.8) is 0 Å². The summed E-state index contributed by atoms with van der Waals surface area (Å²) in [5.74, 6) is 2.45. The van der Waals surface area contributed by atoms with Crippen LogP contribution in [0.15, 0.2) is 49.2 Å². The van der Waals surface area contributed by atoms with Gasteiger partial charge in [-0.2, -0.15) is 4.98 Å². The van der Waals surface area contributed by atoms with Crippen LogP contribution in [0.3, 0.4) is 0 Å². The minimum Gasteiger partial charge on any atom is -0.454 e. The van der Waals surface area contributed by atoms with Gasteiger partial charge in [-0.25, -0.2) is 9.97 Å². The minimum absolute atomic E-state index is 0.112. The van der Waals surface area contributed by atoms with Gasteiger partial charge in [0.1, 0.15) is 12.1 Å². The predicted molar refractivity (Wildman–Crippen MR) is 96.9 cm³/mol. The lowest BCUT2D eigenvalue weighted by molar-refractivity contribution is -0.119. The Balaban J connectivity index is 1.24. The Hall–Kier alpha value is -3.62. The lowest BCUT2D eigenvalue weighted by atomic mass is 10.1. The number of aromatic nitrogens is 4. The number of amides is 1. The fourth-order valence-electron chi connectivity index (χ4n) is 2.62. The van der Waals surface area contributed by atoms with Gasteiger partial charge in [0.2, 0.25) is 18.6 Å². The van der Waals surface area contributed by atoms with E-state index in [2.05, 4.69) is 25.6 Å². The van der Waals surface area contributed by atoms with Gasteiger partial charge in [-0.1, -0.05) is 6.07 Å². The molecule has 0 unspecified atom stereocenters. The monoisotopic (exact) mass is 366 g/mol. The van der Waals surface area contributed by atoms with Gasteiger partial charge in [0.05, 0.1) is 6.54 Å². The molecule has 27 heavy (non-hydrogen) atoms. The lowest BCUT2D eigenvalue weighted by Gasteiger charge is -2.08. The van der Waals surface area contributed by atoms with Crippen molar-refractivity contribution >= 4 is 11.7 Å². The second kappa shape index (κ2) is 7.73. The van der Waals surface area contributed by atoms with Gasteiger partial charge in [-0.05, 0) is 30.2 Å². The molecule has 9 nitrogen and oxygen atoms in total. The van der Waals surface area contributed by atoms with E-state index in [1.165, 1.54) is 0 Å². The van der Waals surface area contributed by atoms with Crippen LogP contribution in [0.5, 0.6) is 11.5 Å². The Morgan fingerprint density at radius 3 is 3.00 bits per heavy atom. The van der Waals surface area contributed by atoms with E-state index < -0.39 is 0 Å². The van der Waals surface area contributed by atoms with Gasteiger partial charge >= 0.3 is 0 Å². The molecule has 3 heterocycles. The van der Waals surface area contributed by atoms with Crippen LogP contribution < -0.4 is 20.1 Å². The number of nitrogens with one attached hydrogen (secondary N) is 2. The number of hydrogen-bond acceptors (Lipinski definition) is 7. The van der Waals surface area contributed by atoms with E-state index in [9.17, 15) is 4.79 Å². The van der Waals surface area contributed by atoms with Crippen molar-refractivity contribution in [2.45, 2.75) is 6.42 Å². The number of nitrogens with zero attached hydrogens (tertiary/aromatic N) is 4. The molecule has 1 aliphatic rings. The fourth-order valence-corrected chi connectivity index (χ4v) is 2.62. The molecule has 0 saturated carbocycles. The van der Waals surface area contributed by atoms with Crippen molar-refractivity contribution in [2.24, 2.45) is 0 Å². The molecule has 0 spiro atoms. The summed E-state index contributed by atoms with van der Waals surface area (Å²) >= 11 is 0. The zero-order valence-electron chi connectivity index (χ0n) is 14.5. The van der Waals surface area contributed by atoms with Gasteiger partial charge in [0.15, 0.2) is 11.5 Å². The first-order valence-corrected chi connectivity index (χ1v) is 8.48. The van der Waals surface area contributed by atoms with E-state index in [0.29, 0.717) is 24.7 Å². The average Bonchev–Trinajstić information content (AvgIpc) is 3.38. The van der Waals surface area contributed by atoms with Crippen molar-refractivity contribution in [3.8, 4) is 17.4 Å². The quantitative estimate of drug-likeness (QED) is 0.647. The normalized spacial score (nSPS) is 12.0. The van der Waals surface area contributed by atoms with E-state index >= 15 is 0 Å². The van der Waals surface area contributed by atoms with Crippen LogP contribution in [0, 0.1) is 0 Å². The molecule has 1 aromatic carbocycles. The third-order valence-electron chi connectivity index (χ3n) is 3.98. The molecule has 1 amide bonds. The maximum atomic E-state index is 12.0. The number of anilines is 1. The minimum atomic E-state index is -0.112. The molecule has 0 saturated heterocycles. The highest BCUT2D eigenvalue weighted by Gasteiger charge is 2.13. The number of imidazole rings is 1. The number of rotatable bonds is 7. The molecule has 0 bridgehead atoms. The van der Waals surface area contributed by atoms with Gasteiger partial charge in [-0.3, -0.25) is 9.36 Å². The molecule has 138 valence electrons. The smallest absolute Gasteiger partial charge is 0.239 e. The molecule has 2 aromatic heterocycles. The summed E-state index contributed by atoms with van der Waals surface area (Å²) in [5.41, 5.74) is 1.08. The second-order valence-electron chi connectivity index (χ2n) is 5.85. The van der Waals surface area contributed by atoms with Crippen LogP contribution >= 0.6 is 0 Å². The van der Waals surface area contributed by atoms with Crippen LogP contribution in [0.4, 0.5) is 5.82 Å². The Morgan fingerprint density at radius 2 is 2.11 bits per heavy atom. The zero-order chi connectivity index (χ0) is 18.5. The largest absolute Gasteiger partial charge is 0.454 e. The van der Waals surface area contributed by atoms with Crippen LogP contribution in [-0.2, 0) is 11.2 Å². The maximum absolute atomic E-state index is 12.0. The highest BCUT2D eigenvalue weighted by Crippen LogP contribution is 2.32. The number of fused-ring (bicyclic) bond motifs is 1. The Kier molecular flexibility index (Phi) is 4.82. The van der Waals surface area contributed by atoms with Gasteiger partial charge in [-0.15, -0.1) is 0 Å². The SMILES string of the molecule is O=C(CNc1ccnc(-n2ccnc2)n1)NCCc1ccc2c(c1)OCO2. The Morgan fingerprint density at radius 1 is 1.19 bits per heavy atom. The first kappa shape index (κ1) is 16.8. The van der Waals surface area contributed by atoms with Crippen molar-refractivity contribution in [1.29, 1.82) is 0 Å². The molecule has 1 aliphatic heterocycles. The first-order valence-electron chi connectivity index (χ1n) is 8.48. The molecule has 2 N–H and O–H groups in total. The molecule has 0 radical (unpaired) electrons. The standard InChI is InChI=1S/C18H18N6O3/c25-17(20-5-3-13-1-2-14-15(9-13)27-12-26-14)10-22-16-4-6-21-18(23-16)24-8-7-19-11-24/h1-2,4,6-9,11H,3,5,10,12H2,(H,20,25)(H,21,22,23). The van der Waals surface area contributed by atoms with E-state index in [4.69, 9.17) is 9.47 Å². The van der Waals surface area contributed by atoms with E-state index in [-0.39, 0.29) is 19.2 Å². The summed E-state index contributed by atoms with van der Waals surface area (Å²) in [6.45, 7) is 0.915. The van der Waals surface area contributed by atoms with Crippen LogP contribution in [0.2, 0.25) is 0 Å². The first-order chi connectivity index (χ1) is 13.3. The van der Waals surface area contributed by atoms with Crippen molar-refractivity contribution < 1.29 is 14.3 Å². The molecular weight excluding hydrogens is 348 g/mol. The number of hydrogen-bond donors (Lipinski definition) is 2. The van der Waals surface area contributed by atoms with Crippen molar-refractivity contribution in [3.05, 3.63) is 54.7 Å². The number of benzene rings is 1. The number of ether oxygens (including phenoxy) is 2. The van der Waals surface area contributed by atoms with Crippen LogP contribution in [-0.4, -0.2) is 45.3 Å².